The Morgan fingerprint density at radius 3 is 2.50 bits per heavy atom. The molecule has 0 spiro atoms. The molecule has 1 aliphatic carbocycles. The Hall–Kier alpha value is -1.36. The van der Waals surface area contributed by atoms with Gasteiger partial charge in [0.25, 0.3) is 0 Å². The molecule has 8 nitrogen and oxygen atoms in total. The van der Waals surface area contributed by atoms with Crippen LogP contribution in [0.2, 0.25) is 0 Å². The molecule has 0 saturated heterocycles. The number of rotatable bonds is 7. The first-order chi connectivity index (χ1) is 11.4. The van der Waals surface area contributed by atoms with Gasteiger partial charge >= 0.3 is 0 Å². The molecular weight excluding hydrogens is 356 g/mol. The summed E-state index contributed by atoms with van der Waals surface area (Å²) in [5.41, 5.74) is 0. The van der Waals surface area contributed by atoms with Gasteiger partial charge in [0.2, 0.25) is 26.8 Å². The van der Waals surface area contributed by atoms with Gasteiger partial charge < -0.3 is 9.47 Å². The molecule has 1 aromatic rings. The lowest BCUT2D eigenvalue weighted by molar-refractivity contribution is 0.174. The van der Waals surface area contributed by atoms with Gasteiger partial charge in [-0.15, -0.1) is 0 Å². The first-order valence-electron chi connectivity index (χ1n) is 7.75. The summed E-state index contributed by atoms with van der Waals surface area (Å²) in [7, 11) is -7.31. The zero-order chi connectivity index (χ0) is 17.2. The minimum Gasteiger partial charge on any atom is -0.454 e. The van der Waals surface area contributed by atoms with E-state index in [2.05, 4.69) is 9.44 Å². The molecule has 1 aromatic carbocycles. The maximum Gasteiger partial charge on any atom is 0.240 e. The monoisotopic (exact) mass is 376 g/mol. The van der Waals surface area contributed by atoms with E-state index >= 15 is 0 Å². The zero-order valence-corrected chi connectivity index (χ0v) is 14.7. The second-order valence-corrected chi connectivity index (χ2v) is 9.47. The summed E-state index contributed by atoms with van der Waals surface area (Å²) in [5, 5.41) is 0. The van der Waals surface area contributed by atoms with Crippen LogP contribution in [-0.2, 0) is 20.0 Å². The van der Waals surface area contributed by atoms with Gasteiger partial charge in [0.15, 0.2) is 11.5 Å². The molecule has 1 saturated carbocycles. The number of nitrogens with one attached hydrogen (secondary N) is 2. The van der Waals surface area contributed by atoms with Gasteiger partial charge in [0, 0.05) is 18.7 Å². The van der Waals surface area contributed by atoms with E-state index in [1.165, 1.54) is 18.2 Å². The van der Waals surface area contributed by atoms with Crippen molar-refractivity contribution >= 4 is 20.0 Å². The van der Waals surface area contributed by atoms with E-state index in [1.54, 1.807) is 0 Å². The molecule has 1 fully saturated rings. The van der Waals surface area contributed by atoms with E-state index < -0.39 is 20.0 Å². The number of hydrogen-bond acceptors (Lipinski definition) is 6. The summed E-state index contributed by atoms with van der Waals surface area (Å²) >= 11 is 0. The fourth-order valence-corrected chi connectivity index (χ4v) is 5.20. The average molecular weight is 376 g/mol. The van der Waals surface area contributed by atoms with Gasteiger partial charge in [0.1, 0.15) is 0 Å². The summed E-state index contributed by atoms with van der Waals surface area (Å²) in [4.78, 5) is 0.00731. The van der Waals surface area contributed by atoms with Crippen molar-refractivity contribution in [2.45, 2.75) is 36.6 Å². The van der Waals surface area contributed by atoms with Gasteiger partial charge in [-0.1, -0.05) is 12.8 Å². The molecule has 0 amide bonds. The highest BCUT2D eigenvalue weighted by atomic mass is 32.2. The quantitative estimate of drug-likeness (QED) is 0.719. The minimum absolute atomic E-state index is 0.00731. The smallest absolute Gasteiger partial charge is 0.240 e. The maximum atomic E-state index is 12.2. The first-order valence-corrected chi connectivity index (χ1v) is 10.9. The van der Waals surface area contributed by atoms with Crippen LogP contribution in [0.5, 0.6) is 11.5 Å². The van der Waals surface area contributed by atoms with Crippen LogP contribution in [0.4, 0.5) is 0 Å². The summed E-state index contributed by atoms with van der Waals surface area (Å²) in [6.07, 6.45) is 3.71. The lowest BCUT2D eigenvalue weighted by Crippen LogP contribution is -2.38. The van der Waals surface area contributed by atoms with E-state index in [0.717, 1.165) is 25.7 Å². The van der Waals surface area contributed by atoms with Crippen molar-refractivity contribution in [1.29, 1.82) is 0 Å². The van der Waals surface area contributed by atoms with Crippen LogP contribution >= 0.6 is 0 Å². The number of ether oxygens (including phenoxy) is 2. The minimum atomic E-state index is -3.81. The Labute approximate surface area is 141 Å². The second kappa shape index (κ2) is 6.87. The number of hydrogen-bond donors (Lipinski definition) is 2. The molecule has 10 heteroatoms. The Bertz CT molecular complexity index is 801. The van der Waals surface area contributed by atoms with E-state index in [4.69, 9.17) is 9.47 Å². The topological polar surface area (TPSA) is 111 Å². The summed E-state index contributed by atoms with van der Waals surface area (Å²) in [6.45, 7) is -0.143. The average Bonchev–Trinajstić information content (AvgIpc) is 3.16. The van der Waals surface area contributed by atoms with Crippen molar-refractivity contribution in [1.82, 2.24) is 9.44 Å². The third kappa shape index (κ3) is 4.18. The van der Waals surface area contributed by atoms with Crippen molar-refractivity contribution in [3.8, 4) is 11.5 Å². The molecule has 2 N–H and O–H groups in total. The molecule has 1 heterocycles. The van der Waals surface area contributed by atoms with Crippen molar-refractivity contribution in [2.24, 2.45) is 0 Å². The first kappa shape index (κ1) is 17.5. The van der Waals surface area contributed by atoms with E-state index in [0.29, 0.717) is 11.5 Å². The van der Waals surface area contributed by atoms with Crippen LogP contribution < -0.4 is 18.9 Å². The fraction of sp³-hybridized carbons (Fsp3) is 0.571. The summed E-state index contributed by atoms with van der Waals surface area (Å²) in [5.74, 6) is 0.540. The molecule has 0 unspecified atom stereocenters. The molecule has 0 aromatic heterocycles. The molecular formula is C14H20N2O6S2. The van der Waals surface area contributed by atoms with Crippen LogP contribution in [0.25, 0.3) is 0 Å². The van der Waals surface area contributed by atoms with Gasteiger partial charge in [-0.25, -0.2) is 26.3 Å². The third-order valence-corrected chi connectivity index (χ3v) is 6.91. The number of fused-ring (bicyclic) bond motifs is 1. The van der Waals surface area contributed by atoms with Crippen molar-refractivity contribution in [3.05, 3.63) is 18.2 Å². The predicted octanol–water partition coefficient (Wildman–Crippen LogP) is 0.556. The van der Waals surface area contributed by atoms with Crippen molar-refractivity contribution in [3.63, 3.8) is 0 Å². The molecule has 134 valence electrons. The summed E-state index contributed by atoms with van der Waals surface area (Å²) in [6, 6.07) is 4.23. The lowest BCUT2D eigenvalue weighted by Gasteiger charge is -2.13. The highest BCUT2D eigenvalue weighted by Gasteiger charge is 2.23. The SMILES string of the molecule is O=S(=O)(CCNS(=O)(=O)c1ccc2c(c1)OCO2)NC1CCCC1. The Morgan fingerprint density at radius 1 is 1.04 bits per heavy atom. The molecule has 1 aliphatic heterocycles. The number of benzene rings is 1. The molecule has 24 heavy (non-hydrogen) atoms. The maximum absolute atomic E-state index is 12.2. The highest BCUT2D eigenvalue weighted by molar-refractivity contribution is 7.90. The molecule has 0 bridgehead atoms. The summed E-state index contributed by atoms with van der Waals surface area (Å²) < 4.78 is 63.6. The van der Waals surface area contributed by atoms with Crippen LogP contribution in [-0.4, -0.2) is 42.0 Å². The fourth-order valence-electron chi connectivity index (χ4n) is 2.79. The van der Waals surface area contributed by atoms with Crippen LogP contribution in [0.3, 0.4) is 0 Å². The van der Waals surface area contributed by atoms with Gasteiger partial charge in [-0.3, -0.25) is 0 Å². The predicted molar refractivity (Wildman–Crippen MR) is 86.9 cm³/mol. The van der Waals surface area contributed by atoms with Crippen LogP contribution in [0, 0.1) is 0 Å². The normalized spacial score (nSPS) is 18.2. The largest absolute Gasteiger partial charge is 0.454 e. The van der Waals surface area contributed by atoms with E-state index in [-0.39, 0.29) is 30.0 Å². The molecule has 3 rings (SSSR count). The molecule has 0 radical (unpaired) electrons. The Balaban J connectivity index is 1.57. The van der Waals surface area contributed by atoms with Crippen LogP contribution in [0.15, 0.2) is 23.1 Å². The Kier molecular flexibility index (Phi) is 5.00. The van der Waals surface area contributed by atoms with Gasteiger partial charge in [0.05, 0.1) is 10.6 Å². The highest BCUT2D eigenvalue weighted by Crippen LogP contribution is 2.33. The van der Waals surface area contributed by atoms with Crippen LogP contribution in [0.1, 0.15) is 25.7 Å². The number of sulfonamides is 2. The molecule has 0 atom stereocenters. The second-order valence-electron chi connectivity index (χ2n) is 5.83. The van der Waals surface area contributed by atoms with Crippen molar-refractivity contribution in [2.75, 3.05) is 19.1 Å². The van der Waals surface area contributed by atoms with Crippen molar-refractivity contribution < 1.29 is 26.3 Å². The standard InChI is InChI=1S/C14H20N2O6S2/c17-23(18,16-11-3-1-2-4-11)8-7-15-24(19,20)12-5-6-13-14(9-12)22-10-21-13/h5-6,9,11,15-16H,1-4,7-8,10H2. The zero-order valence-electron chi connectivity index (χ0n) is 13.0. The Morgan fingerprint density at radius 2 is 1.75 bits per heavy atom. The van der Waals surface area contributed by atoms with E-state index in [9.17, 15) is 16.8 Å². The van der Waals surface area contributed by atoms with Gasteiger partial charge in [-0.05, 0) is 25.0 Å². The molecule has 2 aliphatic rings. The lowest BCUT2D eigenvalue weighted by atomic mass is 10.3. The van der Waals surface area contributed by atoms with Gasteiger partial charge in [-0.2, -0.15) is 0 Å². The van der Waals surface area contributed by atoms with E-state index in [1.807, 2.05) is 0 Å². The third-order valence-electron chi connectivity index (χ3n) is 4.02.